The summed E-state index contributed by atoms with van der Waals surface area (Å²) in [5, 5.41) is 12.2. The molecular weight excluding hydrogens is 232 g/mol. The molecule has 1 amide bonds. The summed E-state index contributed by atoms with van der Waals surface area (Å²) < 4.78 is 3.66. The summed E-state index contributed by atoms with van der Waals surface area (Å²) in [5.41, 5.74) is 0. The van der Waals surface area contributed by atoms with Gasteiger partial charge in [0.2, 0.25) is 5.82 Å². The van der Waals surface area contributed by atoms with Crippen LogP contribution in [0.2, 0.25) is 0 Å². The maximum absolute atomic E-state index is 12.0. The zero-order chi connectivity index (χ0) is 12.5. The molecule has 1 aliphatic rings. The number of fused-ring (bicyclic) bond motifs is 1. The highest BCUT2D eigenvalue weighted by molar-refractivity contribution is 5.91. The van der Waals surface area contributed by atoms with Crippen LogP contribution >= 0.6 is 0 Å². The molecule has 3 rings (SSSR count). The fraction of sp³-hybridized carbons (Fsp3) is 0.455. The number of nitrogens with zero attached hydrogens (tertiary/aromatic N) is 6. The Morgan fingerprint density at radius 1 is 1.33 bits per heavy atom. The van der Waals surface area contributed by atoms with Crippen LogP contribution in [0.25, 0.3) is 0 Å². The quantitative estimate of drug-likeness (QED) is 0.764. The third kappa shape index (κ3) is 1.68. The van der Waals surface area contributed by atoms with Gasteiger partial charge in [-0.25, -0.2) is 0 Å². The second-order valence-corrected chi connectivity index (χ2v) is 4.18. The molecule has 7 heteroatoms. The predicted molar refractivity (Wildman–Crippen MR) is 62.9 cm³/mol. The van der Waals surface area contributed by atoms with Crippen LogP contribution in [0.1, 0.15) is 23.4 Å². The van der Waals surface area contributed by atoms with Crippen molar-refractivity contribution in [3.8, 4) is 0 Å². The fourth-order valence-corrected chi connectivity index (χ4v) is 2.15. The van der Waals surface area contributed by atoms with Gasteiger partial charge in [0.05, 0.1) is 0 Å². The van der Waals surface area contributed by atoms with Gasteiger partial charge in [-0.2, -0.15) is 5.10 Å². The minimum Gasteiger partial charge on any atom is -0.334 e. The van der Waals surface area contributed by atoms with E-state index in [-0.39, 0.29) is 5.91 Å². The van der Waals surface area contributed by atoms with Crippen molar-refractivity contribution in [1.82, 2.24) is 29.4 Å². The molecule has 0 unspecified atom stereocenters. The van der Waals surface area contributed by atoms with Gasteiger partial charge in [-0.05, 0) is 13.0 Å². The van der Waals surface area contributed by atoms with Crippen LogP contribution in [0.3, 0.4) is 0 Å². The lowest BCUT2D eigenvalue weighted by atomic mass is 10.3. The Labute approximate surface area is 104 Å². The predicted octanol–water partition coefficient (Wildman–Crippen LogP) is -0.00140. The number of hydrogen-bond acceptors (Lipinski definition) is 4. The van der Waals surface area contributed by atoms with Crippen LogP contribution in [0.15, 0.2) is 18.5 Å². The molecule has 1 aliphatic heterocycles. The molecule has 18 heavy (non-hydrogen) atoms. The zero-order valence-electron chi connectivity index (χ0n) is 10.2. The van der Waals surface area contributed by atoms with E-state index < -0.39 is 0 Å². The Morgan fingerprint density at radius 2 is 2.22 bits per heavy atom. The largest absolute Gasteiger partial charge is 0.334 e. The summed E-state index contributed by atoms with van der Waals surface area (Å²) in [6, 6.07) is 1.86. The number of likely N-dealkylation sites (N-methyl/N-ethyl adjacent to an activating group) is 1. The molecule has 94 valence electrons. The minimum absolute atomic E-state index is 0.0389. The van der Waals surface area contributed by atoms with Crippen molar-refractivity contribution >= 4 is 5.91 Å². The molecule has 2 aromatic heterocycles. The minimum atomic E-state index is -0.0389. The summed E-state index contributed by atoms with van der Waals surface area (Å²) in [4.78, 5) is 13.8. The monoisotopic (exact) mass is 246 g/mol. The van der Waals surface area contributed by atoms with Gasteiger partial charge in [0.25, 0.3) is 5.91 Å². The smallest absolute Gasteiger partial charge is 0.291 e. The second-order valence-electron chi connectivity index (χ2n) is 4.18. The lowest BCUT2D eigenvalue weighted by molar-refractivity contribution is 0.0705. The molecule has 0 aromatic carbocycles. The number of hydrogen-bond donors (Lipinski definition) is 0. The van der Waals surface area contributed by atoms with E-state index >= 15 is 0 Å². The van der Waals surface area contributed by atoms with Crippen molar-refractivity contribution in [2.45, 2.75) is 20.0 Å². The summed E-state index contributed by atoms with van der Waals surface area (Å²) in [6.45, 7) is 4.68. The molecule has 0 spiro atoms. The van der Waals surface area contributed by atoms with Crippen LogP contribution < -0.4 is 0 Å². The molecule has 0 bridgehead atoms. The van der Waals surface area contributed by atoms with Gasteiger partial charge in [0, 0.05) is 32.0 Å². The fourth-order valence-electron chi connectivity index (χ4n) is 2.15. The Kier molecular flexibility index (Phi) is 2.58. The molecule has 0 atom stereocenters. The topological polar surface area (TPSA) is 68.8 Å². The maximum atomic E-state index is 12.0. The standard InChI is InChI=1S/C11H14N6O/c1-2-15-6-7-17-9(8-16-5-3-4-12-16)13-14-10(17)11(15)18/h3-5H,2,6-8H2,1H3. The van der Waals surface area contributed by atoms with E-state index in [1.165, 1.54) is 0 Å². The van der Waals surface area contributed by atoms with E-state index in [0.717, 1.165) is 12.4 Å². The van der Waals surface area contributed by atoms with Crippen molar-refractivity contribution in [2.24, 2.45) is 0 Å². The van der Waals surface area contributed by atoms with Gasteiger partial charge in [0.15, 0.2) is 5.82 Å². The van der Waals surface area contributed by atoms with Crippen molar-refractivity contribution in [3.05, 3.63) is 30.1 Å². The molecule has 0 N–H and O–H groups in total. The number of rotatable bonds is 3. The van der Waals surface area contributed by atoms with Gasteiger partial charge < -0.3 is 9.47 Å². The first-order chi connectivity index (χ1) is 8.79. The first kappa shape index (κ1) is 10.9. The average Bonchev–Trinajstić information content (AvgIpc) is 3.01. The molecule has 0 fully saturated rings. The van der Waals surface area contributed by atoms with Crippen LogP contribution in [0.4, 0.5) is 0 Å². The van der Waals surface area contributed by atoms with Gasteiger partial charge in [-0.15, -0.1) is 10.2 Å². The van der Waals surface area contributed by atoms with Gasteiger partial charge in [0.1, 0.15) is 6.54 Å². The summed E-state index contributed by atoms with van der Waals surface area (Å²) >= 11 is 0. The molecule has 7 nitrogen and oxygen atoms in total. The molecule has 0 saturated heterocycles. The van der Waals surface area contributed by atoms with Gasteiger partial charge >= 0.3 is 0 Å². The first-order valence-electron chi connectivity index (χ1n) is 5.98. The van der Waals surface area contributed by atoms with Crippen LogP contribution in [-0.4, -0.2) is 48.4 Å². The number of carbonyl (C=O) groups is 1. The number of aromatic nitrogens is 5. The highest BCUT2D eigenvalue weighted by atomic mass is 16.2. The summed E-state index contributed by atoms with van der Waals surface area (Å²) in [6.07, 6.45) is 3.59. The second kappa shape index (κ2) is 4.25. The Balaban J connectivity index is 1.90. The van der Waals surface area contributed by atoms with Crippen LogP contribution in [0.5, 0.6) is 0 Å². The van der Waals surface area contributed by atoms with Crippen LogP contribution in [-0.2, 0) is 13.1 Å². The average molecular weight is 246 g/mol. The van der Waals surface area contributed by atoms with Gasteiger partial charge in [-0.3, -0.25) is 9.48 Å². The molecule has 2 aromatic rings. The number of amides is 1. The molecule has 0 aliphatic carbocycles. The van der Waals surface area contributed by atoms with E-state index in [1.54, 1.807) is 15.8 Å². The van der Waals surface area contributed by atoms with Crippen molar-refractivity contribution < 1.29 is 4.79 Å². The first-order valence-corrected chi connectivity index (χ1v) is 5.98. The van der Waals surface area contributed by atoms with E-state index in [0.29, 0.717) is 25.5 Å². The highest BCUT2D eigenvalue weighted by Crippen LogP contribution is 2.12. The Bertz CT molecular complexity index is 558. The SMILES string of the molecule is CCN1CCn2c(Cn3cccn3)nnc2C1=O. The van der Waals surface area contributed by atoms with Crippen molar-refractivity contribution in [2.75, 3.05) is 13.1 Å². The molecular formula is C11H14N6O. The molecule has 0 saturated carbocycles. The van der Waals surface area contributed by atoms with E-state index in [4.69, 9.17) is 0 Å². The lowest BCUT2D eigenvalue weighted by Crippen LogP contribution is -2.40. The highest BCUT2D eigenvalue weighted by Gasteiger charge is 2.27. The van der Waals surface area contributed by atoms with E-state index in [9.17, 15) is 4.79 Å². The van der Waals surface area contributed by atoms with E-state index in [1.807, 2.05) is 23.8 Å². The Hall–Kier alpha value is -2.18. The maximum Gasteiger partial charge on any atom is 0.291 e. The zero-order valence-corrected chi connectivity index (χ0v) is 10.2. The van der Waals surface area contributed by atoms with Crippen molar-refractivity contribution in [1.29, 1.82) is 0 Å². The summed E-state index contributed by atoms with van der Waals surface area (Å²) in [7, 11) is 0. The van der Waals surface area contributed by atoms with E-state index in [2.05, 4.69) is 15.3 Å². The van der Waals surface area contributed by atoms with Crippen LogP contribution in [0, 0.1) is 0 Å². The number of carbonyl (C=O) groups excluding carboxylic acids is 1. The van der Waals surface area contributed by atoms with Crippen molar-refractivity contribution in [3.63, 3.8) is 0 Å². The van der Waals surface area contributed by atoms with Gasteiger partial charge in [-0.1, -0.05) is 0 Å². The summed E-state index contributed by atoms with van der Waals surface area (Å²) in [5.74, 6) is 1.17. The third-order valence-corrected chi connectivity index (χ3v) is 3.14. The Morgan fingerprint density at radius 3 is 2.94 bits per heavy atom. The lowest BCUT2D eigenvalue weighted by Gasteiger charge is -2.26. The normalized spacial score (nSPS) is 14.9. The molecule has 3 heterocycles. The molecule has 0 radical (unpaired) electrons. The third-order valence-electron chi connectivity index (χ3n) is 3.14.